The molecule has 2 aromatic carbocycles. The Kier molecular flexibility index (Phi) is 3.84. The first-order chi connectivity index (χ1) is 10.3. The van der Waals surface area contributed by atoms with Gasteiger partial charge in [-0.25, -0.2) is 0 Å². The molecule has 0 unspecified atom stereocenters. The van der Waals surface area contributed by atoms with Gasteiger partial charge < -0.3 is 10.6 Å². The third-order valence-corrected chi connectivity index (χ3v) is 3.63. The molecule has 0 bridgehead atoms. The minimum absolute atomic E-state index is 0.455. The van der Waals surface area contributed by atoms with Gasteiger partial charge in [0.1, 0.15) is 0 Å². The molecular weight excluding hydrogens is 258 g/mol. The van der Waals surface area contributed by atoms with Crippen molar-refractivity contribution in [2.45, 2.75) is 13.1 Å². The van der Waals surface area contributed by atoms with Gasteiger partial charge in [-0.05, 0) is 17.7 Å². The molecule has 0 spiro atoms. The van der Waals surface area contributed by atoms with E-state index < -0.39 is 0 Å². The topological polar surface area (TPSA) is 42.1 Å². The van der Waals surface area contributed by atoms with Gasteiger partial charge in [0, 0.05) is 31.2 Å². The number of fused-ring (bicyclic) bond motifs is 1. The van der Waals surface area contributed by atoms with Gasteiger partial charge in [-0.3, -0.25) is 4.98 Å². The molecule has 106 valence electrons. The van der Waals surface area contributed by atoms with Gasteiger partial charge in [0.15, 0.2) is 0 Å². The van der Waals surface area contributed by atoms with Crippen LogP contribution in [0.15, 0.2) is 60.7 Å². The van der Waals surface area contributed by atoms with Crippen LogP contribution < -0.4 is 10.6 Å². The zero-order valence-electron chi connectivity index (χ0n) is 12.2. The summed E-state index contributed by atoms with van der Waals surface area (Å²) in [5, 5.41) is 1.16. The number of aromatic nitrogens is 1. The zero-order valence-corrected chi connectivity index (χ0v) is 12.2. The standard InChI is InChI=1S/C18H19N3/c1-21(13-14-7-3-2-4-8-14)18-11-15(12-19)20-17-10-6-5-9-16(17)18/h2-11H,12-13,19H2,1H3. The lowest BCUT2D eigenvalue weighted by Gasteiger charge is -2.22. The number of para-hydroxylation sites is 1. The molecule has 3 aromatic rings. The summed E-state index contributed by atoms with van der Waals surface area (Å²) < 4.78 is 0. The summed E-state index contributed by atoms with van der Waals surface area (Å²) in [6, 6.07) is 20.8. The van der Waals surface area contributed by atoms with Crippen molar-refractivity contribution in [3.8, 4) is 0 Å². The number of nitrogens with zero attached hydrogens (tertiary/aromatic N) is 2. The minimum atomic E-state index is 0.455. The highest BCUT2D eigenvalue weighted by atomic mass is 15.1. The predicted molar refractivity (Wildman–Crippen MR) is 88.2 cm³/mol. The van der Waals surface area contributed by atoms with E-state index in [0.717, 1.165) is 23.1 Å². The number of nitrogens with two attached hydrogens (primary N) is 1. The summed E-state index contributed by atoms with van der Waals surface area (Å²) in [6.07, 6.45) is 0. The van der Waals surface area contributed by atoms with Gasteiger partial charge >= 0.3 is 0 Å². The molecule has 0 saturated carbocycles. The monoisotopic (exact) mass is 277 g/mol. The summed E-state index contributed by atoms with van der Waals surface area (Å²) in [4.78, 5) is 6.84. The lowest BCUT2D eigenvalue weighted by atomic mass is 10.1. The molecule has 0 fully saturated rings. The van der Waals surface area contributed by atoms with E-state index in [-0.39, 0.29) is 0 Å². The Morgan fingerprint density at radius 3 is 2.48 bits per heavy atom. The SMILES string of the molecule is CN(Cc1ccccc1)c1cc(CN)nc2ccccc12. The van der Waals surface area contributed by atoms with E-state index in [4.69, 9.17) is 5.73 Å². The molecule has 0 aliphatic heterocycles. The molecule has 2 N–H and O–H groups in total. The van der Waals surface area contributed by atoms with Crippen molar-refractivity contribution >= 4 is 16.6 Å². The van der Waals surface area contributed by atoms with Gasteiger partial charge in [0.25, 0.3) is 0 Å². The average molecular weight is 277 g/mol. The second kappa shape index (κ2) is 5.94. The number of pyridine rings is 1. The van der Waals surface area contributed by atoms with Crippen molar-refractivity contribution in [2.24, 2.45) is 5.73 Å². The van der Waals surface area contributed by atoms with Crippen molar-refractivity contribution in [3.05, 3.63) is 71.9 Å². The molecule has 0 amide bonds. The Morgan fingerprint density at radius 2 is 1.71 bits per heavy atom. The van der Waals surface area contributed by atoms with Gasteiger partial charge in [-0.15, -0.1) is 0 Å². The number of hydrogen-bond acceptors (Lipinski definition) is 3. The Labute approximate surface area is 125 Å². The van der Waals surface area contributed by atoms with Crippen LogP contribution in [0, 0.1) is 0 Å². The highest BCUT2D eigenvalue weighted by Crippen LogP contribution is 2.27. The molecule has 21 heavy (non-hydrogen) atoms. The maximum atomic E-state index is 5.78. The second-order valence-corrected chi connectivity index (χ2v) is 5.20. The quantitative estimate of drug-likeness (QED) is 0.795. The highest BCUT2D eigenvalue weighted by Gasteiger charge is 2.09. The molecule has 1 heterocycles. The minimum Gasteiger partial charge on any atom is -0.370 e. The first kappa shape index (κ1) is 13.6. The van der Waals surface area contributed by atoms with Crippen LogP contribution in [0.25, 0.3) is 10.9 Å². The fourth-order valence-electron chi connectivity index (χ4n) is 2.57. The Bertz CT molecular complexity index is 738. The van der Waals surface area contributed by atoms with Crippen LogP contribution in [0.2, 0.25) is 0 Å². The van der Waals surface area contributed by atoms with Crippen LogP contribution in [0.3, 0.4) is 0 Å². The molecule has 3 nitrogen and oxygen atoms in total. The van der Waals surface area contributed by atoms with Crippen LogP contribution in [0.5, 0.6) is 0 Å². The summed E-state index contributed by atoms with van der Waals surface area (Å²) in [6.45, 7) is 1.32. The molecule has 0 radical (unpaired) electrons. The Balaban J connectivity index is 2.02. The molecular formula is C18H19N3. The smallest absolute Gasteiger partial charge is 0.0726 e. The molecule has 3 heteroatoms. The van der Waals surface area contributed by atoms with Crippen LogP contribution in [-0.4, -0.2) is 12.0 Å². The number of hydrogen-bond donors (Lipinski definition) is 1. The average Bonchev–Trinajstić information content (AvgIpc) is 2.54. The number of rotatable bonds is 4. The normalized spacial score (nSPS) is 10.8. The molecule has 3 rings (SSSR count). The summed E-state index contributed by atoms with van der Waals surface area (Å²) >= 11 is 0. The van der Waals surface area contributed by atoms with Crippen LogP contribution in [0.4, 0.5) is 5.69 Å². The molecule has 0 aliphatic carbocycles. The van der Waals surface area contributed by atoms with Gasteiger partial charge in [0.2, 0.25) is 0 Å². The second-order valence-electron chi connectivity index (χ2n) is 5.20. The highest BCUT2D eigenvalue weighted by molar-refractivity contribution is 5.91. The first-order valence-electron chi connectivity index (χ1n) is 7.12. The van der Waals surface area contributed by atoms with Crippen LogP contribution in [-0.2, 0) is 13.1 Å². The maximum absolute atomic E-state index is 5.78. The Morgan fingerprint density at radius 1 is 1.00 bits per heavy atom. The first-order valence-corrected chi connectivity index (χ1v) is 7.12. The van der Waals surface area contributed by atoms with Crippen molar-refractivity contribution < 1.29 is 0 Å². The fourth-order valence-corrected chi connectivity index (χ4v) is 2.57. The molecule has 1 aromatic heterocycles. The molecule has 0 aliphatic rings. The zero-order chi connectivity index (χ0) is 14.7. The Hall–Kier alpha value is -2.39. The van der Waals surface area contributed by atoms with E-state index >= 15 is 0 Å². The molecule has 0 atom stereocenters. The van der Waals surface area contributed by atoms with Crippen molar-refractivity contribution in [1.29, 1.82) is 0 Å². The van der Waals surface area contributed by atoms with Gasteiger partial charge in [0.05, 0.1) is 11.2 Å². The van der Waals surface area contributed by atoms with E-state index in [9.17, 15) is 0 Å². The van der Waals surface area contributed by atoms with E-state index in [1.165, 1.54) is 11.3 Å². The summed E-state index contributed by atoms with van der Waals surface area (Å²) in [7, 11) is 2.11. The summed E-state index contributed by atoms with van der Waals surface area (Å²) in [5.74, 6) is 0. The lowest BCUT2D eigenvalue weighted by molar-refractivity contribution is 0.918. The van der Waals surface area contributed by atoms with Crippen LogP contribution >= 0.6 is 0 Å². The third-order valence-electron chi connectivity index (χ3n) is 3.63. The van der Waals surface area contributed by atoms with E-state index in [0.29, 0.717) is 6.54 Å². The predicted octanol–water partition coefficient (Wildman–Crippen LogP) is 3.33. The third kappa shape index (κ3) is 2.88. The van der Waals surface area contributed by atoms with Crippen molar-refractivity contribution in [2.75, 3.05) is 11.9 Å². The van der Waals surface area contributed by atoms with Crippen molar-refractivity contribution in [1.82, 2.24) is 4.98 Å². The molecule has 0 saturated heterocycles. The fraction of sp³-hybridized carbons (Fsp3) is 0.167. The summed E-state index contributed by atoms with van der Waals surface area (Å²) in [5.41, 5.74) is 10.2. The van der Waals surface area contributed by atoms with Crippen LogP contribution in [0.1, 0.15) is 11.3 Å². The van der Waals surface area contributed by atoms with E-state index in [2.05, 4.69) is 53.3 Å². The number of anilines is 1. The largest absolute Gasteiger partial charge is 0.370 e. The van der Waals surface area contributed by atoms with Gasteiger partial charge in [-0.2, -0.15) is 0 Å². The lowest BCUT2D eigenvalue weighted by Crippen LogP contribution is -2.17. The van der Waals surface area contributed by atoms with Gasteiger partial charge in [-0.1, -0.05) is 48.5 Å². The van der Waals surface area contributed by atoms with E-state index in [1.54, 1.807) is 0 Å². The van der Waals surface area contributed by atoms with Crippen molar-refractivity contribution in [3.63, 3.8) is 0 Å². The van der Waals surface area contributed by atoms with E-state index in [1.807, 2.05) is 24.3 Å². The number of benzene rings is 2. The maximum Gasteiger partial charge on any atom is 0.0726 e.